The van der Waals surface area contributed by atoms with Crippen molar-refractivity contribution in [1.29, 1.82) is 0 Å². The van der Waals surface area contributed by atoms with Gasteiger partial charge in [-0.3, -0.25) is 9.80 Å². The number of pyridine rings is 1. The van der Waals surface area contributed by atoms with Gasteiger partial charge in [-0.25, -0.2) is 14.4 Å². The molecule has 2 aliphatic heterocycles. The molecule has 38 heavy (non-hydrogen) atoms. The summed E-state index contributed by atoms with van der Waals surface area (Å²) in [6, 6.07) is 15.1. The van der Waals surface area contributed by atoms with E-state index in [0.29, 0.717) is 23.6 Å². The molecule has 8 nitrogen and oxygen atoms in total. The Balaban J connectivity index is 1.13. The van der Waals surface area contributed by atoms with Gasteiger partial charge >= 0.3 is 0 Å². The lowest BCUT2D eigenvalue weighted by Crippen LogP contribution is -2.38. The Morgan fingerprint density at radius 3 is 2.58 bits per heavy atom. The van der Waals surface area contributed by atoms with Crippen molar-refractivity contribution >= 4 is 16.9 Å². The normalized spacial score (nSPS) is 16.8. The number of aromatic nitrogens is 3. The van der Waals surface area contributed by atoms with E-state index in [4.69, 9.17) is 9.47 Å². The Kier molecular flexibility index (Phi) is 7.48. The molecule has 0 unspecified atom stereocenters. The van der Waals surface area contributed by atoms with Crippen LogP contribution in [0.5, 0.6) is 5.75 Å². The summed E-state index contributed by atoms with van der Waals surface area (Å²) in [5.74, 6) is 0.991. The molecule has 0 amide bonds. The molecule has 4 aromatic rings. The van der Waals surface area contributed by atoms with Gasteiger partial charge in [0.2, 0.25) is 0 Å². The number of rotatable bonds is 9. The summed E-state index contributed by atoms with van der Waals surface area (Å²) in [5, 5.41) is 3.41. The van der Waals surface area contributed by atoms with E-state index in [2.05, 4.69) is 30.1 Å². The Bertz CT molecular complexity index is 1360. The Morgan fingerprint density at radius 1 is 0.947 bits per heavy atom. The maximum Gasteiger partial charge on any atom is 0.178 e. The summed E-state index contributed by atoms with van der Waals surface area (Å²) < 4.78 is 26.1. The first kappa shape index (κ1) is 24.8. The molecule has 2 aromatic carbocycles. The summed E-state index contributed by atoms with van der Waals surface area (Å²) >= 11 is 0. The van der Waals surface area contributed by atoms with Crippen molar-refractivity contribution in [1.82, 2.24) is 24.8 Å². The lowest BCUT2D eigenvalue weighted by molar-refractivity contribution is 0.0322. The van der Waals surface area contributed by atoms with Crippen LogP contribution in [0.25, 0.3) is 33.7 Å². The number of fused-ring (bicyclic) bond motifs is 1. The van der Waals surface area contributed by atoms with Crippen LogP contribution in [-0.4, -0.2) is 84.0 Å². The number of H-pyrrole nitrogens is 1. The molecule has 6 rings (SSSR count). The minimum Gasteiger partial charge on any atom is -0.492 e. The summed E-state index contributed by atoms with van der Waals surface area (Å²) in [5.41, 5.74) is 4.59. The highest BCUT2D eigenvalue weighted by Gasteiger charge is 2.15. The fraction of sp³-hybridized carbons (Fsp3) is 0.379. The van der Waals surface area contributed by atoms with Crippen LogP contribution in [-0.2, 0) is 4.74 Å². The molecule has 0 spiro atoms. The van der Waals surface area contributed by atoms with Crippen LogP contribution < -0.4 is 10.1 Å². The van der Waals surface area contributed by atoms with Gasteiger partial charge in [-0.15, -0.1) is 0 Å². The van der Waals surface area contributed by atoms with Gasteiger partial charge in [0.05, 0.1) is 31.0 Å². The Labute approximate surface area is 221 Å². The SMILES string of the molecule is Fc1ccc(NCN2CCCC2)cc1-c1nc2ncc(-c3ccc(OCCN4CCOCC4)cc3)cc2[nH]1. The van der Waals surface area contributed by atoms with Crippen LogP contribution >= 0.6 is 0 Å². The number of morpholine rings is 1. The van der Waals surface area contributed by atoms with Gasteiger partial charge in [0.25, 0.3) is 0 Å². The minimum atomic E-state index is -0.319. The number of benzene rings is 2. The lowest BCUT2D eigenvalue weighted by Gasteiger charge is -2.26. The second kappa shape index (κ2) is 11.5. The first-order valence-corrected chi connectivity index (χ1v) is 13.4. The zero-order valence-corrected chi connectivity index (χ0v) is 21.5. The predicted octanol–water partition coefficient (Wildman–Crippen LogP) is 4.61. The molecule has 2 aliphatic rings. The van der Waals surface area contributed by atoms with Gasteiger partial charge < -0.3 is 19.8 Å². The van der Waals surface area contributed by atoms with E-state index in [1.165, 1.54) is 18.9 Å². The molecule has 0 aliphatic carbocycles. The second-order valence-corrected chi connectivity index (χ2v) is 9.86. The number of likely N-dealkylation sites (tertiary alicyclic amines) is 1. The molecule has 2 N–H and O–H groups in total. The molecule has 2 saturated heterocycles. The van der Waals surface area contributed by atoms with Crippen LogP contribution in [0.1, 0.15) is 12.8 Å². The third-order valence-corrected chi connectivity index (χ3v) is 7.23. The molecule has 198 valence electrons. The van der Waals surface area contributed by atoms with Gasteiger partial charge in [0.1, 0.15) is 24.0 Å². The fourth-order valence-electron chi connectivity index (χ4n) is 5.01. The Hall–Kier alpha value is -3.53. The second-order valence-electron chi connectivity index (χ2n) is 9.86. The molecule has 0 saturated carbocycles. The zero-order valence-electron chi connectivity index (χ0n) is 21.5. The largest absolute Gasteiger partial charge is 0.492 e. The standard InChI is InChI=1S/C29H33FN6O2/c30-26-8-5-23(32-20-36-9-1-2-10-36)18-25(26)28-33-27-17-22(19-31-29(27)34-28)21-3-6-24(7-4-21)38-16-13-35-11-14-37-15-12-35/h3-8,17-19,32H,1-2,9-16,20H2,(H,31,33,34). The first-order chi connectivity index (χ1) is 18.7. The molecule has 9 heteroatoms. The van der Waals surface area contributed by atoms with Gasteiger partial charge in [-0.2, -0.15) is 0 Å². The smallest absolute Gasteiger partial charge is 0.178 e. The van der Waals surface area contributed by atoms with E-state index >= 15 is 0 Å². The lowest BCUT2D eigenvalue weighted by atomic mass is 10.1. The number of ether oxygens (including phenoxy) is 2. The molecule has 2 aromatic heterocycles. The summed E-state index contributed by atoms with van der Waals surface area (Å²) in [6.07, 6.45) is 4.26. The van der Waals surface area contributed by atoms with Crippen molar-refractivity contribution in [2.45, 2.75) is 12.8 Å². The quantitative estimate of drug-likeness (QED) is 0.336. The highest BCUT2D eigenvalue weighted by molar-refractivity contribution is 5.81. The summed E-state index contributed by atoms with van der Waals surface area (Å²) in [6.45, 7) is 8.01. The van der Waals surface area contributed by atoms with Crippen LogP contribution in [0.4, 0.5) is 10.1 Å². The molecule has 0 bridgehead atoms. The van der Waals surface area contributed by atoms with Crippen LogP contribution in [0.3, 0.4) is 0 Å². The fourth-order valence-corrected chi connectivity index (χ4v) is 5.01. The van der Waals surface area contributed by atoms with E-state index in [1.54, 1.807) is 12.3 Å². The van der Waals surface area contributed by atoms with E-state index in [0.717, 1.165) is 80.7 Å². The Morgan fingerprint density at radius 2 is 1.76 bits per heavy atom. The maximum absolute atomic E-state index is 14.8. The van der Waals surface area contributed by atoms with Crippen molar-refractivity contribution in [3.63, 3.8) is 0 Å². The number of nitrogens with one attached hydrogen (secondary N) is 2. The van der Waals surface area contributed by atoms with Crippen LogP contribution in [0.2, 0.25) is 0 Å². The molecule has 4 heterocycles. The van der Waals surface area contributed by atoms with Gasteiger partial charge in [-0.05, 0) is 67.9 Å². The van der Waals surface area contributed by atoms with Gasteiger partial charge in [0.15, 0.2) is 5.65 Å². The van der Waals surface area contributed by atoms with Crippen molar-refractivity contribution in [3.05, 3.63) is 60.5 Å². The van der Waals surface area contributed by atoms with Crippen LogP contribution in [0.15, 0.2) is 54.7 Å². The zero-order chi connectivity index (χ0) is 25.7. The first-order valence-electron chi connectivity index (χ1n) is 13.4. The highest BCUT2D eigenvalue weighted by atomic mass is 19.1. The number of imidazole rings is 1. The van der Waals surface area contributed by atoms with E-state index in [-0.39, 0.29) is 5.82 Å². The number of halogens is 1. The average Bonchev–Trinajstić information content (AvgIpc) is 3.63. The van der Waals surface area contributed by atoms with Crippen molar-refractivity contribution in [2.75, 3.05) is 64.5 Å². The van der Waals surface area contributed by atoms with Crippen molar-refractivity contribution in [3.8, 4) is 28.3 Å². The summed E-state index contributed by atoms with van der Waals surface area (Å²) in [4.78, 5) is 17.1. The number of aromatic amines is 1. The monoisotopic (exact) mass is 516 g/mol. The van der Waals surface area contributed by atoms with E-state index in [1.807, 2.05) is 36.4 Å². The van der Waals surface area contributed by atoms with E-state index < -0.39 is 0 Å². The highest BCUT2D eigenvalue weighted by Crippen LogP contribution is 2.28. The number of anilines is 1. The predicted molar refractivity (Wildman–Crippen MR) is 147 cm³/mol. The van der Waals surface area contributed by atoms with Crippen LogP contribution in [0, 0.1) is 5.82 Å². The molecular weight excluding hydrogens is 483 g/mol. The van der Waals surface area contributed by atoms with Gasteiger partial charge in [0, 0.05) is 37.1 Å². The average molecular weight is 517 g/mol. The third kappa shape index (κ3) is 5.80. The number of hydrogen-bond acceptors (Lipinski definition) is 7. The molecule has 0 atom stereocenters. The number of hydrogen-bond donors (Lipinski definition) is 2. The van der Waals surface area contributed by atoms with Crippen molar-refractivity contribution in [2.24, 2.45) is 0 Å². The topological polar surface area (TPSA) is 78.5 Å². The van der Waals surface area contributed by atoms with E-state index in [9.17, 15) is 4.39 Å². The minimum absolute atomic E-state index is 0.319. The van der Waals surface area contributed by atoms with Gasteiger partial charge in [-0.1, -0.05) is 12.1 Å². The van der Waals surface area contributed by atoms with Crippen molar-refractivity contribution < 1.29 is 13.9 Å². The number of nitrogens with zero attached hydrogens (tertiary/aromatic N) is 4. The molecule has 0 radical (unpaired) electrons. The maximum atomic E-state index is 14.8. The third-order valence-electron chi connectivity index (χ3n) is 7.23. The summed E-state index contributed by atoms with van der Waals surface area (Å²) in [7, 11) is 0. The molecular formula is C29H33FN6O2. The molecule has 2 fully saturated rings.